The summed E-state index contributed by atoms with van der Waals surface area (Å²) in [5, 5.41) is 8.06. The molecular formula is C8H21NO. The highest BCUT2D eigenvalue weighted by atomic mass is 16.3. The molecule has 0 aromatic heterocycles. The Kier molecular flexibility index (Phi) is 11.2. The normalized spacial score (nSPS) is 9.60. The first-order chi connectivity index (χ1) is 4.50. The molecule has 0 aliphatic carbocycles. The molecule has 2 heteroatoms. The van der Waals surface area contributed by atoms with Gasteiger partial charge in [0.2, 0.25) is 0 Å². The van der Waals surface area contributed by atoms with E-state index in [9.17, 15) is 0 Å². The van der Waals surface area contributed by atoms with Gasteiger partial charge in [-0.15, -0.1) is 0 Å². The first-order valence-electron chi connectivity index (χ1n) is 3.83. The highest BCUT2D eigenvalue weighted by Crippen LogP contribution is 1.76. The van der Waals surface area contributed by atoms with Crippen LogP contribution in [0.2, 0.25) is 0 Å². The molecule has 2 nitrogen and oxygen atoms in total. The number of aliphatic hydroxyl groups excluding tert-OH is 1. The molecule has 0 unspecified atom stereocenters. The summed E-state index contributed by atoms with van der Waals surface area (Å²) in [6.07, 6.45) is 1.09. The first kappa shape index (κ1) is 12.6. The summed E-state index contributed by atoms with van der Waals surface area (Å²) in [7, 11) is 4.17. The summed E-state index contributed by atoms with van der Waals surface area (Å²) in [6, 6.07) is 0. The van der Waals surface area contributed by atoms with Crippen molar-refractivity contribution in [2.45, 2.75) is 33.3 Å². The van der Waals surface area contributed by atoms with Crippen LogP contribution in [0.25, 0.3) is 0 Å². The van der Waals surface area contributed by atoms with Crippen molar-refractivity contribution in [2.75, 3.05) is 20.6 Å². The Hall–Kier alpha value is -0.0800. The molecule has 0 aliphatic rings. The Morgan fingerprint density at radius 3 is 1.60 bits per heavy atom. The maximum absolute atomic E-state index is 8.06. The van der Waals surface area contributed by atoms with Crippen LogP contribution in [0.4, 0.5) is 0 Å². The van der Waals surface area contributed by atoms with E-state index in [2.05, 4.69) is 25.9 Å². The van der Waals surface area contributed by atoms with Crippen molar-refractivity contribution in [3.05, 3.63) is 0 Å². The largest absolute Gasteiger partial charge is 0.394 e. The van der Waals surface area contributed by atoms with Crippen molar-refractivity contribution in [3.8, 4) is 0 Å². The van der Waals surface area contributed by atoms with Crippen molar-refractivity contribution in [2.24, 2.45) is 0 Å². The highest BCUT2D eigenvalue weighted by Gasteiger charge is 1.79. The Morgan fingerprint density at radius 2 is 1.60 bits per heavy atom. The van der Waals surface area contributed by atoms with Crippen molar-refractivity contribution in [3.63, 3.8) is 0 Å². The first-order valence-corrected chi connectivity index (χ1v) is 3.83. The standard InChI is InChI=1S/C5H13N.C3H8O/c1-4-5-6(2)3;1-3(2)4/h4-5H2,1-3H3;3-4H,1-2H3. The lowest BCUT2D eigenvalue weighted by atomic mass is 10.5. The quantitative estimate of drug-likeness (QED) is 0.637. The third kappa shape index (κ3) is 44.5. The summed E-state index contributed by atoms with van der Waals surface area (Å²) >= 11 is 0. The SMILES string of the molecule is CC(C)O.CCCN(C)C. The van der Waals surface area contributed by atoms with Gasteiger partial charge in [0.15, 0.2) is 0 Å². The minimum Gasteiger partial charge on any atom is -0.394 e. The number of aliphatic hydroxyl groups is 1. The molecule has 0 saturated carbocycles. The Balaban J connectivity index is 0. The smallest absolute Gasteiger partial charge is 0.0483 e. The molecule has 0 fully saturated rings. The van der Waals surface area contributed by atoms with Crippen molar-refractivity contribution in [1.29, 1.82) is 0 Å². The van der Waals surface area contributed by atoms with E-state index >= 15 is 0 Å². The lowest BCUT2D eigenvalue weighted by Crippen LogP contribution is -2.11. The van der Waals surface area contributed by atoms with Crippen LogP contribution in [0, 0.1) is 0 Å². The third-order valence-electron chi connectivity index (χ3n) is 0.671. The van der Waals surface area contributed by atoms with E-state index in [1.54, 1.807) is 13.8 Å². The van der Waals surface area contributed by atoms with Crippen LogP contribution in [-0.4, -0.2) is 36.8 Å². The molecule has 0 heterocycles. The van der Waals surface area contributed by atoms with Crippen LogP contribution in [0.15, 0.2) is 0 Å². The van der Waals surface area contributed by atoms with Crippen LogP contribution >= 0.6 is 0 Å². The maximum atomic E-state index is 8.06. The van der Waals surface area contributed by atoms with E-state index in [0.29, 0.717) is 0 Å². The minimum absolute atomic E-state index is 0.167. The lowest BCUT2D eigenvalue weighted by molar-refractivity contribution is 0.216. The molecule has 0 aromatic rings. The molecule has 64 valence electrons. The second-order valence-electron chi connectivity index (χ2n) is 2.90. The molecule has 0 atom stereocenters. The fourth-order valence-corrected chi connectivity index (χ4v) is 0.447. The third-order valence-corrected chi connectivity index (χ3v) is 0.671. The van der Waals surface area contributed by atoms with Gasteiger partial charge in [0, 0.05) is 6.10 Å². The fraction of sp³-hybridized carbons (Fsp3) is 1.00. The Labute approximate surface area is 64.9 Å². The van der Waals surface area contributed by atoms with Crippen molar-refractivity contribution in [1.82, 2.24) is 4.90 Å². The molecule has 10 heavy (non-hydrogen) atoms. The van der Waals surface area contributed by atoms with E-state index < -0.39 is 0 Å². The second kappa shape index (κ2) is 8.92. The average Bonchev–Trinajstić information content (AvgIpc) is 1.62. The van der Waals surface area contributed by atoms with Gasteiger partial charge in [0.1, 0.15) is 0 Å². The molecule has 0 aromatic carbocycles. The molecule has 0 saturated heterocycles. The van der Waals surface area contributed by atoms with Gasteiger partial charge in [-0.2, -0.15) is 0 Å². The van der Waals surface area contributed by atoms with Gasteiger partial charge in [-0.25, -0.2) is 0 Å². The van der Waals surface area contributed by atoms with Gasteiger partial charge in [-0.1, -0.05) is 6.92 Å². The Bertz CT molecular complexity index is 50.5. The van der Waals surface area contributed by atoms with Gasteiger partial charge in [0.25, 0.3) is 0 Å². The minimum atomic E-state index is -0.167. The summed E-state index contributed by atoms with van der Waals surface area (Å²) < 4.78 is 0. The molecule has 0 radical (unpaired) electrons. The zero-order valence-electron chi connectivity index (χ0n) is 7.89. The van der Waals surface area contributed by atoms with Crippen LogP contribution < -0.4 is 0 Å². The predicted molar refractivity (Wildman–Crippen MR) is 46.2 cm³/mol. The number of nitrogens with zero attached hydrogens (tertiary/aromatic N) is 1. The van der Waals surface area contributed by atoms with Crippen LogP contribution in [-0.2, 0) is 0 Å². The van der Waals surface area contributed by atoms with E-state index in [1.807, 2.05) is 0 Å². The summed E-state index contributed by atoms with van der Waals surface area (Å²) in [5.41, 5.74) is 0. The molecule has 0 bridgehead atoms. The molecule has 0 aliphatic heterocycles. The van der Waals surface area contributed by atoms with Crippen molar-refractivity contribution < 1.29 is 5.11 Å². The monoisotopic (exact) mass is 147 g/mol. The van der Waals surface area contributed by atoms with Gasteiger partial charge in [-0.3, -0.25) is 0 Å². The van der Waals surface area contributed by atoms with Crippen LogP contribution in [0.5, 0.6) is 0 Å². The van der Waals surface area contributed by atoms with Gasteiger partial charge in [-0.05, 0) is 40.9 Å². The van der Waals surface area contributed by atoms with Crippen LogP contribution in [0.3, 0.4) is 0 Å². The van der Waals surface area contributed by atoms with Gasteiger partial charge < -0.3 is 10.0 Å². The number of rotatable bonds is 2. The van der Waals surface area contributed by atoms with E-state index in [-0.39, 0.29) is 6.10 Å². The lowest BCUT2D eigenvalue weighted by Gasteiger charge is -2.03. The topological polar surface area (TPSA) is 23.5 Å². The fourth-order valence-electron chi connectivity index (χ4n) is 0.447. The maximum Gasteiger partial charge on any atom is 0.0483 e. The van der Waals surface area contributed by atoms with Gasteiger partial charge >= 0.3 is 0 Å². The van der Waals surface area contributed by atoms with E-state index in [4.69, 9.17) is 5.11 Å². The summed E-state index contributed by atoms with van der Waals surface area (Å²) in [5.74, 6) is 0. The molecule has 0 amide bonds. The molecule has 1 N–H and O–H groups in total. The Morgan fingerprint density at radius 1 is 1.30 bits per heavy atom. The summed E-state index contributed by atoms with van der Waals surface area (Å²) in [6.45, 7) is 6.83. The van der Waals surface area contributed by atoms with Gasteiger partial charge in [0.05, 0.1) is 0 Å². The highest BCUT2D eigenvalue weighted by molar-refractivity contribution is 4.34. The molecular weight excluding hydrogens is 126 g/mol. The van der Waals surface area contributed by atoms with E-state index in [0.717, 1.165) is 0 Å². The average molecular weight is 147 g/mol. The zero-order chi connectivity index (χ0) is 8.57. The summed E-state index contributed by atoms with van der Waals surface area (Å²) in [4.78, 5) is 2.18. The van der Waals surface area contributed by atoms with Crippen LogP contribution in [0.1, 0.15) is 27.2 Å². The molecule has 0 rings (SSSR count). The second-order valence-corrected chi connectivity index (χ2v) is 2.90. The zero-order valence-corrected chi connectivity index (χ0v) is 7.89. The number of hydrogen-bond acceptors (Lipinski definition) is 2. The van der Waals surface area contributed by atoms with Crippen molar-refractivity contribution >= 4 is 0 Å². The number of hydrogen-bond donors (Lipinski definition) is 1. The van der Waals surface area contributed by atoms with E-state index in [1.165, 1.54) is 13.0 Å². The molecule has 0 spiro atoms. The predicted octanol–water partition coefficient (Wildman–Crippen LogP) is 1.35.